The number of benzene rings is 1. The number of para-hydroxylation sites is 1. The summed E-state index contributed by atoms with van der Waals surface area (Å²) in [6.45, 7) is 4.12. The van der Waals surface area contributed by atoms with E-state index < -0.39 is 0 Å². The van der Waals surface area contributed by atoms with Gasteiger partial charge in [0.25, 0.3) is 5.56 Å². The summed E-state index contributed by atoms with van der Waals surface area (Å²) in [6.07, 6.45) is 2.51. The van der Waals surface area contributed by atoms with Crippen LogP contribution in [0.2, 0.25) is 0 Å². The highest BCUT2D eigenvalue weighted by Crippen LogP contribution is 2.20. The predicted octanol–water partition coefficient (Wildman–Crippen LogP) is 2.44. The molecule has 128 valence electrons. The van der Waals surface area contributed by atoms with Crippen LogP contribution in [0.25, 0.3) is 10.9 Å². The fourth-order valence-electron chi connectivity index (χ4n) is 3.38. The molecule has 0 unspecified atom stereocenters. The zero-order valence-electron chi connectivity index (χ0n) is 13.9. The zero-order chi connectivity index (χ0) is 17.1. The molecule has 2 aromatic rings. The maximum absolute atomic E-state index is 12.8. The molecule has 0 bridgehead atoms. The highest BCUT2D eigenvalue weighted by atomic mass is 35.5. The number of alkyl halides is 1. The molecular weight excluding hydrogens is 326 g/mol. The number of hydrogen-bond acceptors (Lipinski definition) is 3. The highest BCUT2D eigenvalue weighted by molar-refractivity contribution is 6.27. The van der Waals surface area contributed by atoms with E-state index in [1.54, 1.807) is 0 Å². The molecule has 1 amide bonds. The fourth-order valence-corrected chi connectivity index (χ4v) is 3.55. The molecule has 1 aromatic heterocycles. The van der Waals surface area contributed by atoms with Crippen LogP contribution in [0.3, 0.4) is 0 Å². The van der Waals surface area contributed by atoms with Crippen molar-refractivity contribution in [3.05, 3.63) is 40.4 Å². The third-order valence-corrected chi connectivity index (χ3v) is 5.01. The first-order valence-corrected chi connectivity index (χ1v) is 8.99. The van der Waals surface area contributed by atoms with E-state index in [1.807, 2.05) is 40.7 Å². The molecule has 1 aliphatic rings. The summed E-state index contributed by atoms with van der Waals surface area (Å²) in [6, 6.07) is 7.50. The van der Waals surface area contributed by atoms with Gasteiger partial charge >= 0.3 is 0 Å². The van der Waals surface area contributed by atoms with Gasteiger partial charge in [-0.2, -0.15) is 0 Å². The van der Waals surface area contributed by atoms with Gasteiger partial charge in [-0.25, -0.2) is 4.98 Å². The molecule has 24 heavy (non-hydrogen) atoms. The third kappa shape index (κ3) is 3.31. The lowest BCUT2D eigenvalue weighted by molar-refractivity contribution is -0.129. The number of hydrogen-bond donors (Lipinski definition) is 0. The van der Waals surface area contributed by atoms with Crippen LogP contribution in [0.15, 0.2) is 29.1 Å². The molecule has 0 atom stereocenters. The molecule has 1 fully saturated rings. The van der Waals surface area contributed by atoms with Gasteiger partial charge in [0.1, 0.15) is 11.7 Å². The Morgan fingerprint density at radius 3 is 2.67 bits per heavy atom. The monoisotopic (exact) mass is 347 g/mol. The topological polar surface area (TPSA) is 55.2 Å². The number of amides is 1. The fraction of sp³-hybridized carbons (Fsp3) is 0.500. The Kier molecular flexibility index (Phi) is 5.19. The van der Waals surface area contributed by atoms with Crippen LogP contribution in [-0.2, 0) is 17.8 Å². The first-order valence-electron chi connectivity index (χ1n) is 8.46. The molecule has 6 heteroatoms. The second-order valence-electron chi connectivity index (χ2n) is 6.27. The minimum Gasteiger partial charge on any atom is -0.342 e. The van der Waals surface area contributed by atoms with Crippen molar-refractivity contribution in [2.75, 3.05) is 19.0 Å². The van der Waals surface area contributed by atoms with Gasteiger partial charge in [-0.3, -0.25) is 14.2 Å². The van der Waals surface area contributed by atoms with Crippen molar-refractivity contribution in [1.82, 2.24) is 14.5 Å². The first-order chi connectivity index (χ1) is 11.6. The molecule has 0 spiro atoms. The van der Waals surface area contributed by atoms with Crippen LogP contribution in [0.1, 0.15) is 25.6 Å². The summed E-state index contributed by atoms with van der Waals surface area (Å²) >= 11 is 5.62. The Morgan fingerprint density at radius 2 is 2.00 bits per heavy atom. The number of rotatable bonds is 4. The Hall–Kier alpha value is -1.88. The van der Waals surface area contributed by atoms with Gasteiger partial charge in [0.15, 0.2) is 0 Å². The second kappa shape index (κ2) is 7.34. The molecule has 0 N–H and O–H groups in total. The van der Waals surface area contributed by atoms with Crippen molar-refractivity contribution in [2.24, 2.45) is 5.92 Å². The number of piperidine rings is 1. The molecule has 1 aliphatic heterocycles. The van der Waals surface area contributed by atoms with E-state index >= 15 is 0 Å². The smallest absolute Gasteiger partial charge is 0.261 e. The average molecular weight is 348 g/mol. The molecular formula is C18H22ClN3O2. The Labute approximate surface area is 146 Å². The number of fused-ring (bicyclic) bond motifs is 1. The summed E-state index contributed by atoms with van der Waals surface area (Å²) in [7, 11) is 0. The lowest BCUT2D eigenvalue weighted by Gasteiger charge is -2.32. The maximum Gasteiger partial charge on any atom is 0.261 e. The van der Waals surface area contributed by atoms with Crippen LogP contribution in [-0.4, -0.2) is 39.3 Å². The molecule has 2 heterocycles. The van der Waals surface area contributed by atoms with Gasteiger partial charge in [-0.15, -0.1) is 11.6 Å². The van der Waals surface area contributed by atoms with Gasteiger partial charge in [-0.05, 0) is 30.9 Å². The number of likely N-dealkylation sites (tertiary alicyclic amines) is 1. The molecule has 0 aliphatic carbocycles. The molecule has 0 saturated carbocycles. The van der Waals surface area contributed by atoms with E-state index in [9.17, 15) is 9.59 Å². The van der Waals surface area contributed by atoms with E-state index in [2.05, 4.69) is 4.98 Å². The Bertz CT molecular complexity index is 794. The van der Waals surface area contributed by atoms with E-state index in [0.717, 1.165) is 30.6 Å². The normalized spacial score (nSPS) is 15.8. The minimum absolute atomic E-state index is 0.00565. The number of carbonyl (C=O) groups is 1. The molecule has 3 rings (SSSR count). The Morgan fingerprint density at radius 1 is 1.29 bits per heavy atom. The standard InChI is InChI=1S/C18H22ClN3O2/c1-2-16-20-15-6-4-3-5-14(15)18(24)22(16)12-13-7-9-21(10-8-13)17(23)11-19/h3-6,13H,2,7-12H2,1H3. The number of aromatic nitrogens is 2. The van der Waals surface area contributed by atoms with E-state index in [4.69, 9.17) is 11.6 Å². The van der Waals surface area contributed by atoms with Crippen molar-refractivity contribution in [1.29, 1.82) is 0 Å². The lowest BCUT2D eigenvalue weighted by Crippen LogP contribution is -2.41. The van der Waals surface area contributed by atoms with E-state index in [1.165, 1.54) is 0 Å². The largest absolute Gasteiger partial charge is 0.342 e. The van der Waals surface area contributed by atoms with Gasteiger partial charge in [0.2, 0.25) is 5.91 Å². The maximum atomic E-state index is 12.8. The van der Waals surface area contributed by atoms with E-state index in [0.29, 0.717) is 30.9 Å². The average Bonchev–Trinajstić information content (AvgIpc) is 2.63. The summed E-state index contributed by atoms with van der Waals surface area (Å²) in [5, 5.41) is 0.671. The number of carbonyl (C=O) groups excluding carboxylic acids is 1. The van der Waals surface area contributed by atoms with Gasteiger partial charge < -0.3 is 4.90 Å². The Balaban J connectivity index is 1.82. The first kappa shape index (κ1) is 17.0. The van der Waals surface area contributed by atoms with Gasteiger partial charge in [-0.1, -0.05) is 19.1 Å². The SMILES string of the molecule is CCc1nc2ccccc2c(=O)n1CC1CCN(C(=O)CCl)CC1. The number of halogens is 1. The summed E-state index contributed by atoms with van der Waals surface area (Å²) in [4.78, 5) is 31.0. The van der Waals surface area contributed by atoms with Crippen molar-refractivity contribution >= 4 is 28.4 Å². The van der Waals surface area contributed by atoms with Crippen LogP contribution < -0.4 is 5.56 Å². The quantitative estimate of drug-likeness (QED) is 0.798. The second-order valence-corrected chi connectivity index (χ2v) is 6.54. The third-order valence-electron chi connectivity index (χ3n) is 4.78. The van der Waals surface area contributed by atoms with Crippen molar-refractivity contribution < 1.29 is 4.79 Å². The molecule has 5 nitrogen and oxygen atoms in total. The van der Waals surface area contributed by atoms with Crippen LogP contribution >= 0.6 is 11.6 Å². The van der Waals surface area contributed by atoms with Gasteiger partial charge in [0, 0.05) is 26.1 Å². The van der Waals surface area contributed by atoms with Gasteiger partial charge in [0.05, 0.1) is 10.9 Å². The molecule has 1 saturated heterocycles. The minimum atomic E-state index is -0.00565. The summed E-state index contributed by atoms with van der Waals surface area (Å²) in [5.74, 6) is 1.25. The van der Waals surface area contributed by atoms with Crippen LogP contribution in [0, 0.1) is 5.92 Å². The van der Waals surface area contributed by atoms with Crippen molar-refractivity contribution in [2.45, 2.75) is 32.7 Å². The van der Waals surface area contributed by atoms with Crippen LogP contribution in [0.4, 0.5) is 0 Å². The highest BCUT2D eigenvalue weighted by Gasteiger charge is 2.23. The number of nitrogens with zero attached hydrogens (tertiary/aromatic N) is 3. The predicted molar refractivity (Wildman–Crippen MR) is 95.4 cm³/mol. The van der Waals surface area contributed by atoms with E-state index in [-0.39, 0.29) is 17.3 Å². The van der Waals surface area contributed by atoms with Crippen molar-refractivity contribution in [3.8, 4) is 0 Å². The molecule has 1 aromatic carbocycles. The number of aryl methyl sites for hydroxylation is 1. The van der Waals surface area contributed by atoms with Crippen LogP contribution in [0.5, 0.6) is 0 Å². The summed E-state index contributed by atoms with van der Waals surface area (Å²) < 4.78 is 1.83. The summed E-state index contributed by atoms with van der Waals surface area (Å²) in [5.41, 5.74) is 0.801. The molecule has 0 radical (unpaired) electrons. The van der Waals surface area contributed by atoms with Crippen molar-refractivity contribution in [3.63, 3.8) is 0 Å². The lowest BCUT2D eigenvalue weighted by atomic mass is 9.96. The zero-order valence-corrected chi connectivity index (χ0v) is 14.6.